The van der Waals surface area contributed by atoms with Crippen molar-refractivity contribution in [2.75, 3.05) is 12.4 Å². The third-order valence-electron chi connectivity index (χ3n) is 6.42. The average Bonchev–Trinajstić information content (AvgIpc) is 3.03. The van der Waals surface area contributed by atoms with Crippen LogP contribution in [0.25, 0.3) is 10.9 Å². The topological polar surface area (TPSA) is 89.2 Å². The van der Waals surface area contributed by atoms with Crippen LogP contribution in [0.2, 0.25) is 0 Å². The first kappa shape index (κ1) is 18.0. The van der Waals surface area contributed by atoms with E-state index in [1.807, 2.05) is 35.0 Å². The van der Waals surface area contributed by atoms with Crippen LogP contribution in [0.15, 0.2) is 30.5 Å². The molecule has 0 aliphatic heterocycles. The lowest BCUT2D eigenvalue weighted by atomic mass is 9.65. The number of hydrogen-bond donors (Lipinski definition) is 3. The summed E-state index contributed by atoms with van der Waals surface area (Å²) < 4.78 is 1.90. The van der Waals surface area contributed by atoms with Crippen molar-refractivity contribution in [2.24, 2.45) is 23.5 Å². The van der Waals surface area contributed by atoms with Gasteiger partial charge in [-0.15, -0.1) is 0 Å². The quantitative estimate of drug-likeness (QED) is 0.774. The molecule has 4 rings (SSSR count). The zero-order chi connectivity index (χ0) is 19.0. The van der Waals surface area contributed by atoms with Gasteiger partial charge in [-0.2, -0.15) is 0 Å². The molecular formula is C21H28N4O2. The van der Waals surface area contributed by atoms with Gasteiger partial charge in [-0.25, -0.2) is 0 Å². The smallest absolute Gasteiger partial charge is 0.239 e. The Kier molecular flexibility index (Phi) is 4.91. The number of nitrogens with zero attached hydrogens (tertiary/aromatic N) is 1. The third kappa shape index (κ3) is 3.58. The van der Waals surface area contributed by atoms with Gasteiger partial charge in [0.15, 0.2) is 0 Å². The second kappa shape index (κ2) is 7.35. The molecule has 1 heterocycles. The van der Waals surface area contributed by atoms with E-state index in [1.54, 1.807) is 7.05 Å². The van der Waals surface area contributed by atoms with Crippen molar-refractivity contribution in [2.45, 2.75) is 44.7 Å². The number of carbonyl (C=O) groups is 2. The van der Waals surface area contributed by atoms with Crippen molar-refractivity contribution >= 4 is 28.4 Å². The lowest BCUT2D eigenvalue weighted by Crippen LogP contribution is -2.48. The maximum absolute atomic E-state index is 12.9. The van der Waals surface area contributed by atoms with Gasteiger partial charge in [0, 0.05) is 30.9 Å². The molecule has 0 saturated heterocycles. The number of rotatable bonds is 4. The van der Waals surface area contributed by atoms with Crippen molar-refractivity contribution < 1.29 is 9.59 Å². The van der Waals surface area contributed by atoms with E-state index in [0.29, 0.717) is 11.8 Å². The summed E-state index contributed by atoms with van der Waals surface area (Å²) in [7, 11) is 1.63. The Balaban J connectivity index is 1.49. The van der Waals surface area contributed by atoms with Gasteiger partial charge in [0.2, 0.25) is 11.8 Å². The standard InChI is InChI=1S/C21H28N4O2/c1-23-19(26)12-25-8-7-13-5-6-17(11-18(13)25)24-21(27)16-9-14-3-2-4-15(10-16)20(14)22/h5-8,11,14-16,20H,2-4,9-10,12,22H2,1H3,(H,23,26)(H,24,27). The van der Waals surface area contributed by atoms with Crippen LogP contribution >= 0.6 is 0 Å². The predicted molar refractivity (Wildman–Crippen MR) is 106 cm³/mol. The second-order valence-electron chi connectivity index (χ2n) is 8.08. The molecule has 2 amide bonds. The van der Waals surface area contributed by atoms with Crippen LogP contribution in [-0.2, 0) is 16.1 Å². The minimum Gasteiger partial charge on any atom is -0.358 e. The van der Waals surface area contributed by atoms with Crippen LogP contribution in [0.5, 0.6) is 0 Å². The molecule has 2 aliphatic rings. The molecule has 2 aromatic rings. The fourth-order valence-electron chi connectivity index (χ4n) is 4.88. The number of benzene rings is 1. The fraction of sp³-hybridized carbons (Fsp3) is 0.524. The SMILES string of the molecule is CNC(=O)Cn1ccc2ccc(NC(=O)C3CC4CCCC(C3)C4N)cc21. The molecular weight excluding hydrogens is 340 g/mol. The molecule has 1 aromatic carbocycles. The molecule has 2 saturated carbocycles. The van der Waals surface area contributed by atoms with Gasteiger partial charge in [-0.3, -0.25) is 9.59 Å². The van der Waals surface area contributed by atoms with Gasteiger partial charge >= 0.3 is 0 Å². The summed E-state index contributed by atoms with van der Waals surface area (Å²) in [6, 6.07) is 8.11. The summed E-state index contributed by atoms with van der Waals surface area (Å²) in [5, 5.41) is 6.79. The highest BCUT2D eigenvalue weighted by Crippen LogP contribution is 2.42. The number of nitrogens with two attached hydrogens (primary N) is 1. The van der Waals surface area contributed by atoms with E-state index in [0.717, 1.165) is 42.3 Å². The van der Waals surface area contributed by atoms with Gasteiger partial charge in [0.05, 0.1) is 5.52 Å². The van der Waals surface area contributed by atoms with Crippen LogP contribution in [0.3, 0.4) is 0 Å². The highest BCUT2D eigenvalue weighted by molar-refractivity contribution is 5.95. The van der Waals surface area contributed by atoms with E-state index < -0.39 is 0 Å². The molecule has 1 aromatic heterocycles. The summed E-state index contributed by atoms with van der Waals surface area (Å²) in [5.41, 5.74) is 8.08. The first-order valence-electron chi connectivity index (χ1n) is 9.91. The molecule has 144 valence electrons. The zero-order valence-electron chi connectivity index (χ0n) is 15.8. The van der Waals surface area contributed by atoms with Gasteiger partial charge in [0.1, 0.15) is 6.54 Å². The van der Waals surface area contributed by atoms with Gasteiger partial charge in [0.25, 0.3) is 0 Å². The third-order valence-corrected chi connectivity index (χ3v) is 6.42. The molecule has 6 heteroatoms. The van der Waals surface area contributed by atoms with E-state index in [-0.39, 0.29) is 30.3 Å². The Hall–Kier alpha value is -2.34. The Labute approximate surface area is 159 Å². The van der Waals surface area contributed by atoms with Gasteiger partial charge < -0.3 is 20.9 Å². The molecule has 2 unspecified atom stereocenters. The molecule has 6 nitrogen and oxygen atoms in total. The molecule has 2 fully saturated rings. The molecule has 2 aliphatic carbocycles. The fourth-order valence-corrected chi connectivity index (χ4v) is 4.88. The van der Waals surface area contributed by atoms with Gasteiger partial charge in [-0.1, -0.05) is 12.5 Å². The predicted octanol–water partition coefficient (Wildman–Crippen LogP) is 2.48. The monoisotopic (exact) mass is 368 g/mol. The number of hydrogen-bond acceptors (Lipinski definition) is 3. The van der Waals surface area contributed by atoms with Crippen LogP contribution in [0.4, 0.5) is 5.69 Å². The Morgan fingerprint density at radius 2 is 1.93 bits per heavy atom. The molecule has 0 spiro atoms. The molecule has 27 heavy (non-hydrogen) atoms. The summed E-state index contributed by atoms with van der Waals surface area (Å²) >= 11 is 0. The summed E-state index contributed by atoms with van der Waals surface area (Å²) in [5.74, 6) is 1.07. The lowest BCUT2D eigenvalue weighted by molar-refractivity contribution is -0.123. The number of nitrogens with one attached hydrogen (secondary N) is 2. The highest BCUT2D eigenvalue weighted by atomic mass is 16.2. The maximum Gasteiger partial charge on any atom is 0.239 e. The van der Waals surface area contributed by atoms with Gasteiger partial charge in [-0.05, 0) is 61.1 Å². The van der Waals surface area contributed by atoms with E-state index in [4.69, 9.17) is 5.73 Å². The highest BCUT2D eigenvalue weighted by Gasteiger charge is 2.40. The summed E-state index contributed by atoms with van der Waals surface area (Å²) in [6.45, 7) is 0.265. The average molecular weight is 368 g/mol. The summed E-state index contributed by atoms with van der Waals surface area (Å²) in [4.78, 5) is 24.6. The number of carbonyl (C=O) groups excluding carboxylic acids is 2. The largest absolute Gasteiger partial charge is 0.358 e. The zero-order valence-corrected chi connectivity index (χ0v) is 15.8. The van der Waals surface area contributed by atoms with Crippen molar-refractivity contribution in [3.05, 3.63) is 30.5 Å². The van der Waals surface area contributed by atoms with Crippen LogP contribution < -0.4 is 16.4 Å². The first-order valence-corrected chi connectivity index (χ1v) is 9.91. The number of aromatic nitrogens is 1. The minimum atomic E-state index is -0.0491. The molecule has 4 N–H and O–H groups in total. The van der Waals surface area contributed by atoms with Crippen molar-refractivity contribution in [1.82, 2.24) is 9.88 Å². The Morgan fingerprint density at radius 1 is 1.19 bits per heavy atom. The second-order valence-corrected chi connectivity index (χ2v) is 8.08. The first-order chi connectivity index (χ1) is 13.0. The van der Waals surface area contributed by atoms with E-state index in [9.17, 15) is 9.59 Å². The number of fused-ring (bicyclic) bond motifs is 3. The number of anilines is 1. The molecule has 2 atom stereocenters. The lowest BCUT2D eigenvalue weighted by Gasteiger charge is -2.43. The molecule has 0 radical (unpaired) electrons. The minimum absolute atomic E-state index is 0.0491. The van der Waals surface area contributed by atoms with Crippen molar-refractivity contribution in [1.29, 1.82) is 0 Å². The van der Waals surface area contributed by atoms with Crippen molar-refractivity contribution in [3.8, 4) is 0 Å². The summed E-state index contributed by atoms with van der Waals surface area (Å²) in [6.07, 6.45) is 7.25. The number of amides is 2. The van der Waals surface area contributed by atoms with E-state index in [2.05, 4.69) is 10.6 Å². The van der Waals surface area contributed by atoms with E-state index >= 15 is 0 Å². The Morgan fingerprint density at radius 3 is 2.63 bits per heavy atom. The van der Waals surface area contributed by atoms with E-state index in [1.165, 1.54) is 6.42 Å². The number of likely N-dealkylation sites (N-methyl/N-ethyl adjacent to an activating group) is 1. The van der Waals surface area contributed by atoms with Crippen LogP contribution in [0, 0.1) is 17.8 Å². The van der Waals surface area contributed by atoms with Crippen LogP contribution in [0.1, 0.15) is 32.1 Å². The maximum atomic E-state index is 12.9. The van der Waals surface area contributed by atoms with Crippen LogP contribution in [-0.4, -0.2) is 29.5 Å². The Bertz CT molecular complexity index is 845. The molecule has 2 bridgehead atoms. The van der Waals surface area contributed by atoms with Crippen molar-refractivity contribution in [3.63, 3.8) is 0 Å². The normalized spacial score (nSPS) is 27.3.